The summed E-state index contributed by atoms with van der Waals surface area (Å²) in [6.07, 6.45) is 17.6. The fraction of sp³-hybridized carbons (Fsp3) is 0.396. The molecule has 0 atom stereocenters. The lowest BCUT2D eigenvalue weighted by Gasteiger charge is -2.22. The van der Waals surface area contributed by atoms with E-state index in [2.05, 4.69) is 73.0 Å². The molecule has 25 nitrogen and oxygen atoms in total. The maximum Gasteiger partial charge on any atom is 0.353 e. The molecule has 0 amide bonds. The second kappa shape index (κ2) is 81.2. The van der Waals surface area contributed by atoms with E-state index in [9.17, 15) is 63.4 Å². The third kappa shape index (κ3) is 70.2. The summed E-state index contributed by atoms with van der Waals surface area (Å²) in [7, 11) is -13.8. The molecule has 11 rings (SSSR count). The molecule has 2 heterocycles. The molecule has 9 aromatic carbocycles. The van der Waals surface area contributed by atoms with Gasteiger partial charge in [-0.3, -0.25) is 13.7 Å². The third-order valence-electron chi connectivity index (χ3n) is 17.6. The summed E-state index contributed by atoms with van der Waals surface area (Å²) in [4.78, 5) is 34.4. The lowest BCUT2D eigenvalue weighted by Crippen LogP contribution is -2.25. The molecule has 42 heteroatoms. The number of unbranched alkanes of at least 4 members (excludes halogenated alkanes) is 2. The Kier molecular flexibility index (Phi) is 76.4. The van der Waals surface area contributed by atoms with Gasteiger partial charge in [0.25, 0.3) is 0 Å². The topological polar surface area (TPSA) is 399 Å². The van der Waals surface area contributed by atoms with Crippen molar-refractivity contribution in [2.75, 3.05) is 137 Å². The minimum atomic E-state index is -4.03. The largest absolute Gasteiger partial charge is 0.507 e. The summed E-state index contributed by atoms with van der Waals surface area (Å²) in [5.41, 5.74) is 0. The van der Waals surface area contributed by atoms with Gasteiger partial charge in [-0.05, 0) is 245 Å². The number of alkyl halides is 1. The number of aromatic hydroxyl groups is 9. The summed E-state index contributed by atoms with van der Waals surface area (Å²) in [5, 5.41) is 85.3. The highest BCUT2D eigenvalue weighted by atomic mass is 79.9. The molecule has 143 heavy (non-hydrogen) atoms. The van der Waals surface area contributed by atoms with Crippen molar-refractivity contribution in [3.8, 4) is 51.7 Å². The van der Waals surface area contributed by atoms with Crippen LogP contribution in [0.1, 0.15) is 105 Å². The zero-order valence-corrected chi connectivity index (χ0v) is 98.5. The van der Waals surface area contributed by atoms with Crippen molar-refractivity contribution in [2.24, 2.45) is 0 Å². The molecule has 0 bridgehead atoms. The molecular formula is C101H140Br3O25P5S9. The first kappa shape index (κ1) is 134. The molecule has 0 spiro atoms. The van der Waals surface area contributed by atoms with E-state index in [1.54, 1.807) is 201 Å². The maximum absolute atomic E-state index is 12.1. The molecule has 0 aliphatic carbocycles. The maximum atomic E-state index is 12.1. The molecule has 0 aromatic heterocycles. The minimum absolute atomic E-state index is 0.0629. The average molecular weight is 2440 g/mol. The number of halogens is 3. The summed E-state index contributed by atoms with van der Waals surface area (Å²) < 4.78 is 102. The Labute approximate surface area is 912 Å². The monoisotopic (exact) mass is 2430 g/mol. The number of carbonyl (C=O) groups is 1. The summed E-state index contributed by atoms with van der Waals surface area (Å²) in [5.74, 6) is 12.6. The molecule has 2 aliphatic heterocycles. The zero-order valence-electron chi connectivity index (χ0n) is 81.8. The van der Waals surface area contributed by atoms with Crippen LogP contribution in [0, 0.1) is 0 Å². The van der Waals surface area contributed by atoms with E-state index < -0.39 is 37.1 Å². The van der Waals surface area contributed by atoms with E-state index >= 15 is 0 Å². The number of hydrogen-bond donors (Lipinski definition) is 13. The number of benzene rings is 9. The van der Waals surface area contributed by atoms with E-state index in [1.807, 2.05) is 136 Å². The van der Waals surface area contributed by atoms with Gasteiger partial charge in [0.1, 0.15) is 65.2 Å². The van der Waals surface area contributed by atoms with Crippen molar-refractivity contribution >= 4 is 199 Å². The first-order chi connectivity index (χ1) is 68.2. The van der Waals surface area contributed by atoms with Crippen molar-refractivity contribution in [3.05, 3.63) is 251 Å². The molecule has 2 fully saturated rings. The molecule has 0 unspecified atom stereocenters. The van der Waals surface area contributed by atoms with Gasteiger partial charge in [-0.15, -0.1) is 108 Å². The summed E-state index contributed by atoms with van der Waals surface area (Å²) in [6, 6.07) is 60.7. The smallest absolute Gasteiger partial charge is 0.353 e. The lowest BCUT2D eigenvalue weighted by molar-refractivity contribution is -0.178. The van der Waals surface area contributed by atoms with E-state index in [0.29, 0.717) is 84.0 Å². The number of aldehydes is 1. The predicted molar refractivity (Wildman–Crippen MR) is 614 cm³/mol. The van der Waals surface area contributed by atoms with Gasteiger partial charge < -0.3 is 107 Å². The van der Waals surface area contributed by atoms with Crippen LogP contribution >= 0.6 is 192 Å². The quantitative estimate of drug-likeness (QED) is 0.00421. The van der Waals surface area contributed by atoms with Gasteiger partial charge in [0.05, 0.1) is 75.9 Å². The first-order valence-corrected chi connectivity index (χ1v) is 66.8. The highest BCUT2D eigenvalue weighted by Gasteiger charge is 2.23. The molecule has 2 aliphatic rings. The van der Waals surface area contributed by atoms with Crippen LogP contribution in [0.2, 0.25) is 0 Å². The Morgan fingerprint density at radius 3 is 0.979 bits per heavy atom. The Hall–Kier alpha value is -4.59. The molecule has 0 radical (unpaired) electrons. The number of phenols is 9. The van der Waals surface area contributed by atoms with Gasteiger partial charge in [0, 0.05) is 120 Å². The number of carbonyl (C=O) groups excluding carboxylic acids is 1. The van der Waals surface area contributed by atoms with E-state index in [0.717, 1.165) is 192 Å². The highest BCUT2D eigenvalue weighted by Crippen LogP contribution is 2.51. The van der Waals surface area contributed by atoms with Crippen LogP contribution in [-0.4, -0.2) is 212 Å². The van der Waals surface area contributed by atoms with Crippen molar-refractivity contribution < 1.29 is 120 Å². The Morgan fingerprint density at radius 2 is 0.664 bits per heavy atom. The van der Waals surface area contributed by atoms with Crippen LogP contribution in [0.5, 0.6) is 51.7 Å². The van der Waals surface area contributed by atoms with Crippen molar-refractivity contribution in [3.63, 3.8) is 0 Å². The molecule has 794 valence electrons. The molecule has 2 saturated heterocycles. The zero-order chi connectivity index (χ0) is 106. The number of ether oxygens (including phenoxy) is 4. The molecule has 11 N–H and O–H groups in total. The molecule has 9 aromatic rings. The van der Waals surface area contributed by atoms with Crippen molar-refractivity contribution in [2.45, 2.75) is 161 Å². The minimum Gasteiger partial charge on any atom is -0.507 e. The Morgan fingerprint density at radius 1 is 0.364 bits per heavy atom. The predicted octanol–water partition coefficient (Wildman–Crippen LogP) is 30.8. The number of thiol groups is 2. The second-order valence-electron chi connectivity index (χ2n) is 30.6. The average Bonchev–Trinajstić information content (AvgIpc) is 0.884. The van der Waals surface area contributed by atoms with Gasteiger partial charge >= 0.3 is 22.8 Å². The SMILES string of the molecule is CCOP(=O)(/C=C/CCSc1ccccc1O)OCC.CCOP(=O)(CCCCBr)OCC.CP(C)(=O)/C=C/CCSc1cc(Br)ccc1O.CP(C)(=O)CCCCSc1ccccc1O.O=CCCSc1ccccc1O.O=P(O)(O)/C=C/CCSc1ccccc1O.Oc1ccc(Br)cc1SCCC1OCCCO1.Oc1ccccc1S.Oc1ccccc1S.Oc1ccccc1SCCC1OCCCO1. The van der Waals surface area contributed by atoms with Gasteiger partial charge in [0.15, 0.2) is 12.6 Å². The van der Waals surface area contributed by atoms with Crippen LogP contribution in [0.3, 0.4) is 0 Å². The van der Waals surface area contributed by atoms with E-state index in [1.165, 1.54) is 35.4 Å². The number of para-hydroxylation sites is 7. The fourth-order valence-electron chi connectivity index (χ4n) is 10.9. The number of allylic oxidation sites excluding steroid dienone is 3. The van der Waals surface area contributed by atoms with Gasteiger partial charge in [-0.1, -0.05) is 151 Å². The van der Waals surface area contributed by atoms with Gasteiger partial charge in [0.2, 0.25) is 0 Å². The van der Waals surface area contributed by atoms with Crippen LogP contribution in [-0.2, 0) is 64.7 Å². The first-order valence-electron chi connectivity index (χ1n) is 45.8. The van der Waals surface area contributed by atoms with Gasteiger partial charge in [-0.25, -0.2) is 0 Å². The standard InChI is InChI=1S/C14H21O4PS.C12H15BrO3S.C12H16BrO2PS.C12H16O3S.C12H19O2PS.C10H13O4PS.C9H10O2S.C8H18BrO3P.2C6H6OS/c1-3-17-19(16,18-4-2)11-7-8-12-20-14-10-6-5-9-13(14)15;13-9-2-3-10(14)11(8-9)17-7-4-12-15-5-1-6-16-12;1-16(2,15)7-3-4-8-17-12-9-10(13)5-6-11(12)14;13-10-4-1-2-5-11(10)16-9-6-12-14-7-3-8-15-12;1-15(2,14)9-5-6-10-16-12-8-4-3-7-11(12)13;11-9-5-1-2-6-10(9)16-8-4-3-7-15(12,13)14;10-6-3-7-12-9-5-2-1-4-8(9)11;1-3-11-13(10,12-4-2)8-6-5-7-9;2*7-5-3-1-2-4-6(5)8/h5-7,9-11,15H,3-4,8,12H2,1-2H3;2-3,8,12,14H,1,4-7H2;3,5-7,9,14H,4,8H2,1-2H3;1-2,4-5,12-13H,3,6-9H2;3-4,7-8,13H,5-6,9-10H2,1-2H3;1-3,5-7,11H,4,8H2,(H2,12,13,14);1-2,4-6,11H,3,7H2;3-8H2,1-2H3;2*1-4,7-8H/b11-7+;;7-3+;;;7-3+;;;;. The number of hydrogen-bond acceptors (Lipinski definition) is 32. The fourth-order valence-corrected chi connectivity index (χ4v) is 24.1. The normalized spacial score (nSPS) is 12.7. The van der Waals surface area contributed by atoms with E-state index in [-0.39, 0.29) is 41.3 Å². The Balaban J connectivity index is 0.000000542. The molecular weight excluding hydrogens is 2300 g/mol. The Bertz CT molecular complexity index is 5200. The number of phenolic OH excluding ortho intramolecular Hbond substituents is 9. The van der Waals surface area contributed by atoms with Crippen molar-refractivity contribution in [1.82, 2.24) is 0 Å². The lowest BCUT2D eigenvalue weighted by atomic mass is 10.3. The van der Waals surface area contributed by atoms with E-state index in [4.69, 9.17) is 57.0 Å². The van der Waals surface area contributed by atoms with Crippen molar-refractivity contribution in [1.29, 1.82) is 0 Å². The van der Waals surface area contributed by atoms with Crippen LogP contribution in [0.25, 0.3) is 0 Å². The van der Waals surface area contributed by atoms with Crippen LogP contribution in [0.4, 0.5) is 0 Å². The number of thioether (sulfide) groups is 7. The second-order valence-corrected chi connectivity index (χ2v) is 54.4. The molecule has 0 saturated carbocycles. The third-order valence-corrected chi connectivity index (χ3v) is 34.4. The van der Waals surface area contributed by atoms with Crippen LogP contribution in [0.15, 0.2) is 295 Å². The summed E-state index contributed by atoms with van der Waals surface area (Å²) >= 11 is 29.0. The highest BCUT2D eigenvalue weighted by molar-refractivity contribution is 9.10. The number of rotatable bonds is 45. The van der Waals surface area contributed by atoms with Gasteiger partial charge in [-0.2, -0.15) is 0 Å². The summed E-state index contributed by atoms with van der Waals surface area (Å²) in [6.45, 7) is 19.2. The van der Waals surface area contributed by atoms with Crippen LogP contribution < -0.4 is 0 Å².